The molecule has 0 atom stereocenters. The second-order valence-corrected chi connectivity index (χ2v) is 5.92. The first kappa shape index (κ1) is 17.5. The van der Waals surface area contributed by atoms with Gasteiger partial charge in [0.05, 0.1) is 6.10 Å². The molecule has 0 fully saturated rings. The van der Waals surface area contributed by atoms with Gasteiger partial charge in [-0.25, -0.2) is 0 Å². The minimum absolute atomic E-state index is 0.0710. The standard InChI is InChI=1S/C19H22N2O3/c1-12(2)24-16-8-6-15(7-9-16)18(22)20-21-19(23)17-10-5-13(3)11-14(17)4/h5-12H,1-4H3,(H,20,22)(H,21,23). The molecule has 5 nitrogen and oxygen atoms in total. The van der Waals surface area contributed by atoms with Crippen LogP contribution in [0.25, 0.3) is 0 Å². The first-order valence-corrected chi connectivity index (χ1v) is 7.81. The molecule has 5 heteroatoms. The molecule has 2 aromatic rings. The lowest BCUT2D eigenvalue weighted by Gasteiger charge is -2.11. The van der Waals surface area contributed by atoms with Gasteiger partial charge in [-0.05, 0) is 63.6 Å². The van der Waals surface area contributed by atoms with E-state index in [0.717, 1.165) is 11.1 Å². The predicted molar refractivity (Wildman–Crippen MR) is 93.1 cm³/mol. The van der Waals surface area contributed by atoms with Crippen molar-refractivity contribution in [1.29, 1.82) is 0 Å². The van der Waals surface area contributed by atoms with Gasteiger partial charge in [-0.1, -0.05) is 17.7 Å². The second kappa shape index (κ2) is 7.64. The summed E-state index contributed by atoms with van der Waals surface area (Å²) in [6.07, 6.45) is 0.0710. The number of carbonyl (C=O) groups is 2. The fraction of sp³-hybridized carbons (Fsp3) is 0.263. The summed E-state index contributed by atoms with van der Waals surface area (Å²) in [5.74, 6) is -0.0364. The molecule has 0 saturated carbocycles. The number of hydrazine groups is 1. The van der Waals surface area contributed by atoms with Gasteiger partial charge in [-0.15, -0.1) is 0 Å². The highest BCUT2D eigenvalue weighted by molar-refractivity contribution is 5.99. The number of amides is 2. The van der Waals surface area contributed by atoms with Crippen LogP contribution in [0.3, 0.4) is 0 Å². The number of rotatable bonds is 4. The summed E-state index contributed by atoms with van der Waals surface area (Å²) in [6, 6.07) is 12.3. The van der Waals surface area contributed by atoms with Crippen molar-refractivity contribution in [2.45, 2.75) is 33.8 Å². The van der Waals surface area contributed by atoms with Crippen LogP contribution in [0.1, 0.15) is 45.7 Å². The molecule has 24 heavy (non-hydrogen) atoms. The average Bonchev–Trinajstić information content (AvgIpc) is 2.52. The molecule has 0 aliphatic heterocycles. The minimum atomic E-state index is -0.385. The van der Waals surface area contributed by atoms with Crippen LogP contribution in [0.15, 0.2) is 42.5 Å². The van der Waals surface area contributed by atoms with Crippen LogP contribution in [0, 0.1) is 13.8 Å². The molecule has 2 amide bonds. The Morgan fingerprint density at radius 3 is 2.12 bits per heavy atom. The molecule has 0 heterocycles. The number of carbonyl (C=O) groups excluding carboxylic acids is 2. The Kier molecular flexibility index (Phi) is 5.58. The van der Waals surface area contributed by atoms with Gasteiger partial charge in [0.2, 0.25) is 0 Å². The van der Waals surface area contributed by atoms with Gasteiger partial charge in [0.25, 0.3) is 11.8 Å². The van der Waals surface area contributed by atoms with E-state index in [4.69, 9.17) is 4.74 Å². The van der Waals surface area contributed by atoms with Gasteiger partial charge in [0.15, 0.2) is 0 Å². The van der Waals surface area contributed by atoms with Crippen LogP contribution >= 0.6 is 0 Å². The van der Waals surface area contributed by atoms with Gasteiger partial charge in [0.1, 0.15) is 5.75 Å². The Labute approximate surface area is 142 Å². The molecule has 2 N–H and O–H groups in total. The quantitative estimate of drug-likeness (QED) is 0.848. The number of hydrogen-bond donors (Lipinski definition) is 2. The van der Waals surface area contributed by atoms with Gasteiger partial charge >= 0.3 is 0 Å². The van der Waals surface area contributed by atoms with Gasteiger partial charge in [-0.3, -0.25) is 20.4 Å². The summed E-state index contributed by atoms with van der Waals surface area (Å²) < 4.78 is 5.53. The van der Waals surface area contributed by atoms with E-state index in [1.54, 1.807) is 30.3 Å². The van der Waals surface area contributed by atoms with E-state index < -0.39 is 0 Å². The lowest BCUT2D eigenvalue weighted by atomic mass is 10.1. The van der Waals surface area contributed by atoms with E-state index in [0.29, 0.717) is 16.9 Å². The molecule has 0 unspecified atom stereocenters. The second-order valence-electron chi connectivity index (χ2n) is 5.92. The Bertz CT molecular complexity index is 737. The van der Waals surface area contributed by atoms with E-state index >= 15 is 0 Å². The molecule has 0 spiro atoms. The molecule has 0 radical (unpaired) electrons. The third-order valence-electron chi connectivity index (χ3n) is 3.40. The third-order valence-corrected chi connectivity index (χ3v) is 3.40. The Hall–Kier alpha value is -2.82. The number of aryl methyl sites for hydroxylation is 2. The van der Waals surface area contributed by atoms with Crippen LogP contribution in [-0.2, 0) is 0 Å². The monoisotopic (exact) mass is 326 g/mol. The SMILES string of the molecule is Cc1ccc(C(=O)NNC(=O)c2ccc(OC(C)C)cc2)c(C)c1. The molecule has 0 aliphatic carbocycles. The summed E-state index contributed by atoms with van der Waals surface area (Å²) >= 11 is 0. The van der Waals surface area contributed by atoms with Crippen LogP contribution in [0.2, 0.25) is 0 Å². The summed E-state index contributed by atoms with van der Waals surface area (Å²) in [6.45, 7) is 7.69. The van der Waals surface area contributed by atoms with Crippen LogP contribution < -0.4 is 15.6 Å². The molecular formula is C19H22N2O3. The maximum atomic E-state index is 12.1. The number of ether oxygens (including phenoxy) is 1. The van der Waals surface area contributed by atoms with Crippen molar-refractivity contribution in [2.75, 3.05) is 0 Å². The van der Waals surface area contributed by atoms with Crippen LogP contribution in [-0.4, -0.2) is 17.9 Å². The molecule has 0 bridgehead atoms. The van der Waals surface area contributed by atoms with Gasteiger partial charge < -0.3 is 4.74 Å². The first-order valence-electron chi connectivity index (χ1n) is 7.81. The summed E-state index contributed by atoms with van der Waals surface area (Å²) in [5.41, 5.74) is 7.76. The van der Waals surface area contributed by atoms with E-state index in [1.807, 2.05) is 39.8 Å². The van der Waals surface area contributed by atoms with E-state index in [-0.39, 0.29) is 17.9 Å². The fourth-order valence-corrected chi connectivity index (χ4v) is 2.28. The van der Waals surface area contributed by atoms with Gasteiger partial charge in [-0.2, -0.15) is 0 Å². The Morgan fingerprint density at radius 2 is 1.54 bits per heavy atom. The van der Waals surface area contributed by atoms with Crippen LogP contribution in [0.4, 0.5) is 0 Å². The zero-order valence-corrected chi connectivity index (χ0v) is 14.3. The van der Waals surface area contributed by atoms with Crippen LogP contribution in [0.5, 0.6) is 5.75 Å². The maximum Gasteiger partial charge on any atom is 0.269 e. The smallest absolute Gasteiger partial charge is 0.269 e. The summed E-state index contributed by atoms with van der Waals surface area (Å²) in [5, 5.41) is 0. The van der Waals surface area contributed by atoms with Crippen molar-refractivity contribution < 1.29 is 14.3 Å². The Balaban J connectivity index is 1.96. The molecule has 0 saturated heterocycles. The largest absolute Gasteiger partial charge is 0.491 e. The molecule has 126 valence electrons. The third kappa shape index (κ3) is 4.59. The van der Waals surface area contributed by atoms with Crippen molar-refractivity contribution in [2.24, 2.45) is 0 Å². The average molecular weight is 326 g/mol. The van der Waals surface area contributed by atoms with E-state index in [1.165, 1.54) is 0 Å². The molecule has 0 aromatic heterocycles. The molecule has 2 rings (SSSR count). The molecule has 0 aliphatic rings. The zero-order chi connectivity index (χ0) is 17.7. The van der Waals surface area contributed by atoms with Crippen molar-refractivity contribution in [3.8, 4) is 5.75 Å². The first-order chi connectivity index (χ1) is 11.4. The van der Waals surface area contributed by atoms with Crippen molar-refractivity contribution in [3.05, 3.63) is 64.7 Å². The zero-order valence-electron chi connectivity index (χ0n) is 14.3. The van der Waals surface area contributed by atoms with E-state index in [2.05, 4.69) is 10.9 Å². The van der Waals surface area contributed by atoms with Crippen molar-refractivity contribution in [1.82, 2.24) is 10.9 Å². The lowest BCUT2D eigenvalue weighted by molar-refractivity contribution is 0.0846. The highest BCUT2D eigenvalue weighted by Crippen LogP contribution is 2.14. The highest BCUT2D eigenvalue weighted by atomic mass is 16.5. The topological polar surface area (TPSA) is 67.4 Å². The lowest BCUT2D eigenvalue weighted by Crippen LogP contribution is -2.41. The Morgan fingerprint density at radius 1 is 0.917 bits per heavy atom. The highest BCUT2D eigenvalue weighted by Gasteiger charge is 2.11. The number of nitrogens with one attached hydrogen (secondary N) is 2. The fourth-order valence-electron chi connectivity index (χ4n) is 2.28. The maximum absolute atomic E-state index is 12.1. The predicted octanol–water partition coefficient (Wildman–Crippen LogP) is 3.17. The summed E-state index contributed by atoms with van der Waals surface area (Å²) in [7, 11) is 0. The number of hydrogen-bond acceptors (Lipinski definition) is 3. The summed E-state index contributed by atoms with van der Waals surface area (Å²) in [4.78, 5) is 24.2. The minimum Gasteiger partial charge on any atom is -0.491 e. The molecular weight excluding hydrogens is 304 g/mol. The normalized spacial score (nSPS) is 10.4. The van der Waals surface area contributed by atoms with E-state index in [9.17, 15) is 9.59 Å². The molecule has 2 aromatic carbocycles. The van der Waals surface area contributed by atoms with Crippen molar-refractivity contribution in [3.63, 3.8) is 0 Å². The van der Waals surface area contributed by atoms with Gasteiger partial charge in [0, 0.05) is 11.1 Å². The number of benzene rings is 2. The van der Waals surface area contributed by atoms with Crippen molar-refractivity contribution >= 4 is 11.8 Å².